The van der Waals surface area contributed by atoms with Crippen LogP contribution in [0.5, 0.6) is 0 Å². The molecule has 0 aromatic heterocycles. The van der Waals surface area contributed by atoms with E-state index in [0.29, 0.717) is 0 Å². The summed E-state index contributed by atoms with van der Waals surface area (Å²) in [4.78, 5) is 17.6. The number of benzene rings is 1. The molecule has 0 bridgehead atoms. The van der Waals surface area contributed by atoms with Gasteiger partial charge in [0.25, 0.3) is 0 Å². The van der Waals surface area contributed by atoms with Gasteiger partial charge in [-0.3, -0.25) is 30.7 Å². The third-order valence-corrected chi connectivity index (χ3v) is 6.99. The lowest BCUT2D eigenvalue weighted by atomic mass is 9.91. The summed E-state index contributed by atoms with van der Waals surface area (Å²) in [5.74, 6) is -0.149. The van der Waals surface area contributed by atoms with Crippen LogP contribution >= 0.6 is 0 Å². The van der Waals surface area contributed by atoms with Gasteiger partial charge in [0.1, 0.15) is 6.29 Å². The molecule has 0 aliphatic carbocycles. The summed E-state index contributed by atoms with van der Waals surface area (Å²) in [6, 6.07) is 8.78. The molecule has 1 aromatic carbocycles. The molecule has 1 aromatic rings. The van der Waals surface area contributed by atoms with Crippen LogP contribution in [0.1, 0.15) is 24.8 Å². The van der Waals surface area contributed by atoms with Crippen LogP contribution in [0.3, 0.4) is 0 Å². The lowest BCUT2D eigenvalue weighted by Crippen LogP contribution is -2.76. The molecule has 4 fully saturated rings. The predicted octanol–water partition coefficient (Wildman–Crippen LogP) is -0.589. The van der Waals surface area contributed by atoms with Crippen molar-refractivity contribution in [3.8, 4) is 0 Å². The number of carbonyl (C=O) groups excluding carboxylic acids is 1. The van der Waals surface area contributed by atoms with E-state index in [9.17, 15) is 4.79 Å². The summed E-state index contributed by atoms with van der Waals surface area (Å²) >= 11 is 0. The van der Waals surface area contributed by atoms with E-state index in [1.54, 1.807) is 0 Å². The molecule has 4 heterocycles. The number of fused-ring (bicyclic) bond motifs is 1. The van der Waals surface area contributed by atoms with E-state index in [-0.39, 0.29) is 30.3 Å². The van der Waals surface area contributed by atoms with Gasteiger partial charge in [-0.1, -0.05) is 18.6 Å². The molecule has 0 spiro atoms. The molecule has 0 saturated carbocycles. The van der Waals surface area contributed by atoms with Crippen molar-refractivity contribution >= 4 is 11.6 Å². The zero-order valence-corrected chi connectivity index (χ0v) is 18.2. The third-order valence-electron chi connectivity index (χ3n) is 6.99. The van der Waals surface area contributed by atoms with Crippen molar-refractivity contribution in [2.24, 2.45) is 5.92 Å². The van der Waals surface area contributed by atoms with Gasteiger partial charge in [-0.25, -0.2) is 5.43 Å². The monoisotopic (exact) mass is 428 g/mol. The first-order valence-corrected chi connectivity index (χ1v) is 11.8. The molecule has 9 heteroatoms. The maximum Gasteiger partial charge on any atom is 0.242 e. The van der Waals surface area contributed by atoms with E-state index in [4.69, 9.17) is 0 Å². The van der Waals surface area contributed by atoms with Gasteiger partial charge in [-0.15, -0.1) is 0 Å². The fourth-order valence-corrected chi connectivity index (χ4v) is 5.24. The summed E-state index contributed by atoms with van der Waals surface area (Å²) in [7, 11) is 0. The minimum Gasteiger partial charge on any atom is -0.369 e. The van der Waals surface area contributed by atoms with Crippen molar-refractivity contribution in [1.82, 2.24) is 36.6 Å². The zero-order chi connectivity index (χ0) is 21.0. The van der Waals surface area contributed by atoms with Crippen molar-refractivity contribution in [1.29, 1.82) is 0 Å². The highest BCUT2D eigenvalue weighted by molar-refractivity contribution is 5.81. The number of hydrogen-bond donors (Lipinski definition) is 6. The average Bonchev–Trinajstić information content (AvgIpc) is 2.81. The first kappa shape index (κ1) is 21.1. The molecular formula is C22H36N8O. The molecule has 4 aliphatic rings. The van der Waals surface area contributed by atoms with Gasteiger partial charge in [0.15, 0.2) is 0 Å². The molecule has 5 rings (SSSR count). The van der Waals surface area contributed by atoms with E-state index in [0.717, 1.165) is 58.0 Å². The van der Waals surface area contributed by atoms with Crippen LogP contribution < -0.4 is 32.1 Å². The molecule has 31 heavy (non-hydrogen) atoms. The highest BCUT2D eigenvalue weighted by atomic mass is 16.2. The number of anilines is 1. The highest BCUT2D eigenvalue weighted by Crippen LogP contribution is 2.23. The lowest BCUT2D eigenvalue weighted by molar-refractivity contribution is -0.132. The second kappa shape index (κ2) is 9.81. The van der Waals surface area contributed by atoms with Crippen molar-refractivity contribution in [3.05, 3.63) is 29.8 Å². The van der Waals surface area contributed by atoms with Gasteiger partial charge in [-0.2, -0.15) is 0 Å². The normalized spacial score (nSPS) is 32.8. The Balaban J connectivity index is 1.26. The maximum absolute atomic E-state index is 12.7. The second-order valence-electron chi connectivity index (χ2n) is 9.18. The summed E-state index contributed by atoms with van der Waals surface area (Å²) in [6.07, 6.45) is 3.73. The minimum absolute atomic E-state index is 0.0289. The Morgan fingerprint density at radius 3 is 2.52 bits per heavy atom. The van der Waals surface area contributed by atoms with Gasteiger partial charge < -0.3 is 10.6 Å². The molecule has 170 valence electrons. The summed E-state index contributed by atoms with van der Waals surface area (Å²) in [5.41, 5.74) is 8.23. The van der Waals surface area contributed by atoms with Crippen molar-refractivity contribution in [2.45, 2.75) is 44.3 Å². The summed E-state index contributed by atoms with van der Waals surface area (Å²) < 4.78 is 0. The number of piperidine rings is 1. The number of hydrogen-bond acceptors (Lipinski definition) is 8. The number of carbonyl (C=O) groups is 1. The van der Waals surface area contributed by atoms with E-state index in [1.165, 1.54) is 24.8 Å². The quantitative estimate of drug-likeness (QED) is 0.371. The first-order chi connectivity index (χ1) is 15.3. The zero-order valence-electron chi connectivity index (χ0n) is 18.2. The average molecular weight is 429 g/mol. The van der Waals surface area contributed by atoms with Crippen molar-refractivity contribution < 1.29 is 4.79 Å². The molecule has 9 nitrogen and oxygen atoms in total. The van der Waals surface area contributed by atoms with Crippen LogP contribution in [0.2, 0.25) is 0 Å². The van der Waals surface area contributed by atoms with E-state index in [2.05, 4.69) is 66.2 Å². The number of rotatable bonds is 5. The second-order valence-corrected chi connectivity index (χ2v) is 9.18. The Morgan fingerprint density at radius 2 is 1.74 bits per heavy atom. The third kappa shape index (κ3) is 5.02. The fraction of sp³-hybridized carbons (Fsp3) is 0.682. The molecule has 4 atom stereocenters. The maximum atomic E-state index is 12.7. The van der Waals surface area contributed by atoms with Crippen LogP contribution in [0.25, 0.3) is 0 Å². The summed E-state index contributed by atoms with van der Waals surface area (Å²) in [6.45, 7) is 8.24. The molecule has 4 aliphatic heterocycles. The van der Waals surface area contributed by atoms with E-state index < -0.39 is 0 Å². The van der Waals surface area contributed by atoms with Crippen LogP contribution in [0.15, 0.2) is 24.3 Å². The highest BCUT2D eigenvalue weighted by Gasteiger charge is 2.45. The van der Waals surface area contributed by atoms with Crippen molar-refractivity contribution in [3.63, 3.8) is 0 Å². The number of nitrogens with one attached hydrogen (secondary N) is 6. The van der Waals surface area contributed by atoms with Gasteiger partial charge >= 0.3 is 0 Å². The van der Waals surface area contributed by atoms with Gasteiger partial charge in [-0.05, 0) is 30.5 Å². The Bertz CT molecular complexity index is 732. The number of nitrogens with zero attached hydrogens (tertiary/aromatic N) is 2. The largest absolute Gasteiger partial charge is 0.369 e. The molecule has 4 saturated heterocycles. The van der Waals surface area contributed by atoms with Gasteiger partial charge in [0.2, 0.25) is 5.91 Å². The smallest absolute Gasteiger partial charge is 0.242 e. The van der Waals surface area contributed by atoms with Crippen LogP contribution in [-0.4, -0.2) is 80.0 Å². The number of hydrazine groups is 1. The molecule has 6 N–H and O–H groups in total. The standard InChI is InChI=1S/C22H36N8O/c31-21-19-18(14-24-28-21)26-22(30-10-2-1-3-11-30)27-20(19)25-17-6-4-16(5-7-17)15-29-12-8-23-9-13-29/h4-7,18-20,22-27H,1-3,8-15H2,(H,28,31). The number of amides is 1. The Hall–Kier alpha value is -1.75. The predicted molar refractivity (Wildman–Crippen MR) is 121 cm³/mol. The van der Waals surface area contributed by atoms with Gasteiger partial charge in [0, 0.05) is 64.1 Å². The number of likely N-dealkylation sites (tertiary alicyclic amines) is 1. The molecular weight excluding hydrogens is 392 g/mol. The number of piperazine rings is 1. The van der Waals surface area contributed by atoms with E-state index >= 15 is 0 Å². The topological polar surface area (TPSA) is 95.7 Å². The molecule has 4 unspecified atom stereocenters. The SMILES string of the molecule is O=C1NNCC2NC(N3CCCCC3)NC(Nc3ccc(CN4CCNCC4)cc3)C12. The van der Waals surface area contributed by atoms with Crippen LogP contribution in [-0.2, 0) is 11.3 Å². The summed E-state index contributed by atoms with van der Waals surface area (Å²) in [5, 5.41) is 14.4. The minimum atomic E-state index is -0.178. The van der Waals surface area contributed by atoms with Crippen molar-refractivity contribution in [2.75, 3.05) is 51.1 Å². The fourth-order valence-electron chi connectivity index (χ4n) is 5.24. The van der Waals surface area contributed by atoms with Gasteiger partial charge in [0.05, 0.1) is 12.1 Å². The Morgan fingerprint density at radius 1 is 0.968 bits per heavy atom. The molecule has 1 amide bonds. The first-order valence-electron chi connectivity index (χ1n) is 11.8. The van der Waals surface area contributed by atoms with E-state index in [1.807, 2.05) is 0 Å². The Labute approximate surface area is 184 Å². The lowest BCUT2D eigenvalue weighted by Gasteiger charge is -2.49. The van der Waals surface area contributed by atoms with Crippen LogP contribution in [0, 0.1) is 5.92 Å². The molecule has 0 radical (unpaired) electrons. The Kier molecular flexibility index (Phi) is 6.68. The van der Waals surface area contributed by atoms with Crippen LogP contribution in [0.4, 0.5) is 5.69 Å².